The minimum Gasteiger partial charge on any atom is -0.744 e. The molecule has 2 aromatic carbocycles. The lowest BCUT2D eigenvalue weighted by atomic mass is 9.79. The Morgan fingerprint density at radius 2 is 1.49 bits per heavy atom. The summed E-state index contributed by atoms with van der Waals surface area (Å²) in [5.41, 5.74) is 0.847. The fraction of sp³-hybridized carbons (Fsp3) is 0.472. The number of benzene rings is 3. The first-order valence-corrected chi connectivity index (χ1v) is 19.7. The molecular formula is C36H47N4O7S2. The van der Waals surface area contributed by atoms with E-state index in [9.17, 15) is 26.6 Å². The molecule has 1 radical (unpaired) electrons. The van der Waals surface area contributed by atoms with Crippen molar-refractivity contribution >= 4 is 36.8 Å². The Labute approximate surface area is 290 Å². The minimum atomic E-state index is -5.18. The molecule has 1 N–H and O–H groups in total. The molecule has 49 heavy (non-hydrogen) atoms. The maximum absolute atomic E-state index is 13.7. The molecule has 0 bridgehead atoms. The summed E-state index contributed by atoms with van der Waals surface area (Å²) in [5, 5.41) is 15.4. The Kier molecular flexibility index (Phi) is 10.1. The maximum atomic E-state index is 13.7. The average Bonchev–Trinajstić information content (AvgIpc) is 3.02. The highest BCUT2D eigenvalue weighted by Gasteiger charge is 2.47. The summed E-state index contributed by atoms with van der Waals surface area (Å²) in [6.45, 7) is 18.3. The predicted octanol–water partition coefficient (Wildman–Crippen LogP) is 5.41. The van der Waals surface area contributed by atoms with Crippen LogP contribution in [0.2, 0.25) is 0 Å². The van der Waals surface area contributed by atoms with Gasteiger partial charge in [-0.25, -0.2) is 26.1 Å². The normalized spacial score (nSPS) is 17.1. The Balaban J connectivity index is 1.73. The monoisotopic (exact) mass is 711 g/mol. The molecule has 265 valence electrons. The molecule has 0 aromatic heterocycles. The molecule has 2 aliphatic heterocycles. The van der Waals surface area contributed by atoms with Gasteiger partial charge in [0.05, 0.1) is 15.9 Å². The standard InChI is InChI=1S/C36H47N4O7S2/c1-9-38(10-2)25-13-16-28-31(19-25)47-32-20-26(39(11-3)12-4)14-17-29(32)34(28)30-18-15-27(21-33(30)49(44,45)46)48(42,43)37-24-22-35(5,6)40(41)36(7,8)23-24/h13-21,24,37H,9-12,22-23H2,1-8H3. The third-order valence-corrected chi connectivity index (χ3v) is 12.1. The van der Waals surface area contributed by atoms with Crippen LogP contribution in [0.4, 0.5) is 5.69 Å². The van der Waals surface area contributed by atoms with E-state index >= 15 is 0 Å². The highest BCUT2D eigenvalue weighted by atomic mass is 32.2. The van der Waals surface area contributed by atoms with Crippen LogP contribution < -0.4 is 19.6 Å². The molecule has 11 nitrogen and oxygen atoms in total. The van der Waals surface area contributed by atoms with Crippen molar-refractivity contribution in [1.82, 2.24) is 14.4 Å². The van der Waals surface area contributed by atoms with E-state index in [1.807, 2.05) is 36.4 Å². The Hall–Kier alpha value is -3.33. The first-order valence-electron chi connectivity index (χ1n) is 16.8. The summed E-state index contributed by atoms with van der Waals surface area (Å²) in [4.78, 5) is 1.15. The lowest BCUT2D eigenvalue weighted by Gasteiger charge is -2.49. The summed E-state index contributed by atoms with van der Waals surface area (Å²) in [6, 6.07) is 14.4. The van der Waals surface area contributed by atoms with Crippen molar-refractivity contribution in [2.75, 3.05) is 31.1 Å². The molecule has 0 spiro atoms. The van der Waals surface area contributed by atoms with Crippen molar-refractivity contribution in [3.8, 4) is 22.5 Å². The summed E-state index contributed by atoms with van der Waals surface area (Å²) in [6.07, 6.45) is 0.501. The van der Waals surface area contributed by atoms with Gasteiger partial charge in [-0.1, -0.05) is 6.07 Å². The molecule has 0 amide bonds. The molecule has 0 unspecified atom stereocenters. The van der Waals surface area contributed by atoms with Crippen LogP contribution >= 0.6 is 0 Å². The van der Waals surface area contributed by atoms with Gasteiger partial charge < -0.3 is 13.9 Å². The molecule has 2 heterocycles. The Morgan fingerprint density at radius 3 is 2.06 bits per heavy atom. The van der Waals surface area contributed by atoms with Gasteiger partial charge >= 0.3 is 0 Å². The van der Waals surface area contributed by atoms with E-state index in [-0.39, 0.29) is 23.3 Å². The number of sulfonamides is 1. The SMILES string of the molecule is CCN(CC)c1ccc2c(-c3ccc(S(=O)(=O)NC4CC(C)(C)N([O])C(C)(C)C4)cc3S(=O)(=O)[O-])c3ccc(=[N+](CC)CC)cc-3oc2c1. The molecule has 0 atom stereocenters. The fourth-order valence-electron chi connectivity index (χ4n) is 7.45. The van der Waals surface area contributed by atoms with Crippen molar-refractivity contribution in [2.24, 2.45) is 0 Å². The molecule has 1 aliphatic carbocycles. The van der Waals surface area contributed by atoms with Gasteiger partial charge in [-0.05, 0) is 98.6 Å². The third kappa shape index (κ3) is 7.15. The third-order valence-electron chi connectivity index (χ3n) is 9.66. The van der Waals surface area contributed by atoms with E-state index in [1.165, 1.54) is 12.1 Å². The zero-order valence-corrected chi connectivity index (χ0v) is 31.2. The number of fused-ring (bicyclic) bond motifs is 2. The van der Waals surface area contributed by atoms with Crippen molar-refractivity contribution in [2.45, 2.75) is 95.1 Å². The largest absolute Gasteiger partial charge is 0.744 e. The van der Waals surface area contributed by atoms with E-state index in [1.54, 1.807) is 27.7 Å². The number of nitrogens with one attached hydrogen (secondary N) is 1. The highest BCUT2D eigenvalue weighted by molar-refractivity contribution is 7.89. The van der Waals surface area contributed by atoms with Crippen LogP contribution in [0.3, 0.4) is 0 Å². The molecule has 0 saturated carbocycles. The molecule has 2 aromatic rings. The van der Waals surface area contributed by atoms with Gasteiger partial charge in [-0.3, -0.25) is 0 Å². The number of nitrogens with zero attached hydrogens (tertiary/aromatic N) is 3. The topological polar surface area (TPSA) is 146 Å². The summed E-state index contributed by atoms with van der Waals surface area (Å²) in [5.74, 6) is 0.492. The minimum absolute atomic E-state index is 0.0767. The van der Waals surface area contributed by atoms with E-state index < -0.39 is 42.2 Å². The van der Waals surface area contributed by atoms with Crippen LogP contribution in [0.1, 0.15) is 68.2 Å². The van der Waals surface area contributed by atoms with Gasteiger partial charge in [-0.15, -0.1) is 10.3 Å². The van der Waals surface area contributed by atoms with Crippen LogP contribution in [0.5, 0.6) is 0 Å². The molecule has 3 aliphatic rings. The highest BCUT2D eigenvalue weighted by Crippen LogP contribution is 2.44. The van der Waals surface area contributed by atoms with Crippen LogP contribution in [-0.2, 0) is 25.3 Å². The van der Waals surface area contributed by atoms with Gasteiger partial charge in [-0.2, -0.15) is 0 Å². The summed E-state index contributed by atoms with van der Waals surface area (Å²) < 4.78 is 77.7. The fourth-order valence-corrected chi connectivity index (χ4v) is 9.49. The van der Waals surface area contributed by atoms with Crippen LogP contribution in [-0.4, -0.2) is 69.8 Å². The Bertz CT molecular complexity index is 2110. The zero-order chi connectivity index (χ0) is 36.1. The molecular weight excluding hydrogens is 665 g/mol. The van der Waals surface area contributed by atoms with Gasteiger partial charge in [0.1, 0.15) is 34.6 Å². The predicted molar refractivity (Wildman–Crippen MR) is 190 cm³/mol. The summed E-state index contributed by atoms with van der Waals surface area (Å²) >= 11 is 0. The van der Waals surface area contributed by atoms with Crippen molar-refractivity contribution in [1.29, 1.82) is 0 Å². The second kappa shape index (κ2) is 13.4. The summed E-state index contributed by atoms with van der Waals surface area (Å²) in [7, 11) is -9.47. The lowest BCUT2D eigenvalue weighted by Crippen LogP contribution is -2.62. The number of hydroxylamine groups is 2. The van der Waals surface area contributed by atoms with Crippen molar-refractivity contribution in [3.63, 3.8) is 0 Å². The number of hydrogen-bond acceptors (Lipinski definition) is 8. The first kappa shape index (κ1) is 36.9. The molecule has 1 fully saturated rings. The van der Waals surface area contributed by atoms with Crippen molar-refractivity contribution in [3.05, 3.63) is 60.0 Å². The lowest BCUT2D eigenvalue weighted by molar-refractivity contribution is -0.289. The van der Waals surface area contributed by atoms with Crippen LogP contribution in [0.15, 0.2) is 68.8 Å². The quantitative estimate of drug-likeness (QED) is 0.131. The van der Waals surface area contributed by atoms with Gasteiger partial charge in [0.2, 0.25) is 15.4 Å². The number of hydrogen-bond donors (Lipinski definition) is 1. The van der Waals surface area contributed by atoms with Gasteiger partial charge in [0.15, 0.2) is 0 Å². The molecule has 5 rings (SSSR count). The first-order chi connectivity index (χ1) is 22.9. The van der Waals surface area contributed by atoms with Gasteiger partial charge in [0.25, 0.3) is 0 Å². The molecule has 1 saturated heterocycles. The number of rotatable bonds is 10. The number of anilines is 1. The Morgan fingerprint density at radius 1 is 0.878 bits per heavy atom. The molecule has 13 heteroatoms. The van der Waals surface area contributed by atoms with E-state index in [0.717, 1.165) is 48.4 Å². The average molecular weight is 712 g/mol. The van der Waals surface area contributed by atoms with E-state index in [2.05, 4.69) is 41.9 Å². The van der Waals surface area contributed by atoms with Gasteiger partial charge in [0, 0.05) is 70.1 Å². The van der Waals surface area contributed by atoms with Crippen LogP contribution in [0.25, 0.3) is 33.4 Å². The van der Waals surface area contributed by atoms with E-state index in [4.69, 9.17) is 4.42 Å². The second-order valence-corrected chi connectivity index (χ2v) is 17.0. The zero-order valence-electron chi connectivity index (χ0n) is 29.5. The second-order valence-electron chi connectivity index (χ2n) is 13.9. The number of piperidine rings is 1. The maximum Gasteiger partial charge on any atom is 0.240 e. The van der Waals surface area contributed by atoms with Crippen molar-refractivity contribution < 1.29 is 31.0 Å². The van der Waals surface area contributed by atoms with E-state index in [0.29, 0.717) is 27.9 Å². The smallest absolute Gasteiger partial charge is 0.240 e. The van der Waals surface area contributed by atoms with Crippen LogP contribution in [0, 0.1) is 0 Å².